The number of carbonyl (C=O) groups excluding carboxylic acids is 1. The Morgan fingerprint density at radius 2 is 1.89 bits per heavy atom. The molecule has 98 valence electrons. The smallest absolute Gasteiger partial charge is 0.328 e. The zero-order chi connectivity index (χ0) is 13.1. The maximum atomic E-state index is 11.9. The van der Waals surface area contributed by atoms with Gasteiger partial charge in [0.1, 0.15) is 6.04 Å². The Bertz CT molecular complexity index is 436. The predicted octanol–water partition coefficient (Wildman–Crippen LogP) is 3.69. The fraction of sp³-hybridized carbons (Fsp3) is 0.417. The highest BCUT2D eigenvalue weighted by Crippen LogP contribution is 2.36. The highest BCUT2D eigenvalue weighted by Gasteiger charge is 2.24. The van der Waals surface area contributed by atoms with E-state index in [1.807, 2.05) is 0 Å². The van der Waals surface area contributed by atoms with Crippen molar-refractivity contribution in [2.45, 2.75) is 25.3 Å². The molecule has 1 saturated heterocycles. The van der Waals surface area contributed by atoms with E-state index in [0.29, 0.717) is 5.02 Å². The summed E-state index contributed by atoms with van der Waals surface area (Å²) in [7, 11) is 0. The van der Waals surface area contributed by atoms with E-state index in [2.05, 4.69) is 5.32 Å². The number of ether oxygens (including phenoxy) is 1. The molecule has 1 atom stereocenters. The lowest BCUT2D eigenvalue weighted by atomic mass is 10.1. The maximum Gasteiger partial charge on any atom is 0.328 e. The van der Waals surface area contributed by atoms with E-state index >= 15 is 0 Å². The van der Waals surface area contributed by atoms with Gasteiger partial charge in [-0.05, 0) is 31.5 Å². The molecule has 2 rings (SSSR count). The molecule has 1 N–H and O–H groups in total. The predicted molar refractivity (Wildman–Crippen MR) is 72.7 cm³/mol. The zero-order valence-electron chi connectivity index (χ0n) is 9.51. The lowest BCUT2D eigenvalue weighted by molar-refractivity contribution is -0.137. The molecule has 0 bridgehead atoms. The van der Waals surface area contributed by atoms with E-state index in [-0.39, 0.29) is 27.8 Å². The van der Waals surface area contributed by atoms with Crippen molar-refractivity contribution < 1.29 is 9.53 Å². The van der Waals surface area contributed by atoms with Crippen LogP contribution in [-0.2, 0) is 4.79 Å². The molecule has 0 amide bonds. The molecule has 0 spiro atoms. The van der Waals surface area contributed by atoms with E-state index < -0.39 is 0 Å². The SMILES string of the molecule is O=C(Oc1c(Cl)cc(Cl)cc1Cl)C1CCCCN1. The van der Waals surface area contributed by atoms with Crippen LogP contribution in [0.2, 0.25) is 15.1 Å². The number of benzene rings is 1. The highest BCUT2D eigenvalue weighted by atomic mass is 35.5. The van der Waals surface area contributed by atoms with E-state index in [0.717, 1.165) is 25.8 Å². The number of piperidine rings is 1. The van der Waals surface area contributed by atoms with Gasteiger partial charge in [0.25, 0.3) is 0 Å². The Morgan fingerprint density at radius 1 is 1.22 bits per heavy atom. The van der Waals surface area contributed by atoms with Crippen molar-refractivity contribution >= 4 is 40.8 Å². The second-order valence-electron chi connectivity index (χ2n) is 4.12. The van der Waals surface area contributed by atoms with Crippen LogP contribution in [0, 0.1) is 0 Å². The van der Waals surface area contributed by atoms with Crippen LogP contribution in [-0.4, -0.2) is 18.6 Å². The molecule has 1 aliphatic rings. The Balaban J connectivity index is 2.11. The molecule has 1 aliphatic heterocycles. The molecule has 1 unspecified atom stereocenters. The van der Waals surface area contributed by atoms with Gasteiger partial charge < -0.3 is 10.1 Å². The number of halogens is 3. The first-order chi connectivity index (χ1) is 8.58. The third-order valence-corrected chi connectivity index (χ3v) is 3.54. The Hall–Kier alpha value is -0.480. The second kappa shape index (κ2) is 6.11. The Labute approximate surface area is 120 Å². The van der Waals surface area contributed by atoms with Crippen LogP contribution in [0.15, 0.2) is 12.1 Å². The van der Waals surface area contributed by atoms with Crippen LogP contribution in [0.25, 0.3) is 0 Å². The van der Waals surface area contributed by atoms with Gasteiger partial charge >= 0.3 is 5.97 Å². The number of carbonyl (C=O) groups is 1. The summed E-state index contributed by atoms with van der Waals surface area (Å²) in [6, 6.07) is 2.69. The van der Waals surface area contributed by atoms with Gasteiger partial charge in [-0.1, -0.05) is 41.2 Å². The molecule has 0 radical (unpaired) electrons. The van der Waals surface area contributed by atoms with Gasteiger partial charge in [0.15, 0.2) is 5.75 Å². The summed E-state index contributed by atoms with van der Waals surface area (Å²) in [5.74, 6) is -0.194. The normalized spacial score (nSPS) is 19.6. The van der Waals surface area contributed by atoms with Gasteiger partial charge in [-0.15, -0.1) is 0 Å². The molecule has 1 aromatic rings. The van der Waals surface area contributed by atoms with Gasteiger partial charge in [0.05, 0.1) is 10.0 Å². The second-order valence-corrected chi connectivity index (χ2v) is 5.37. The Kier molecular flexibility index (Phi) is 4.73. The van der Waals surface area contributed by atoms with Gasteiger partial charge in [0, 0.05) is 5.02 Å². The van der Waals surface area contributed by atoms with Crippen LogP contribution in [0.3, 0.4) is 0 Å². The lowest BCUT2D eigenvalue weighted by Crippen LogP contribution is -2.42. The maximum absolute atomic E-state index is 11.9. The minimum atomic E-state index is -0.360. The van der Waals surface area contributed by atoms with E-state index in [1.54, 1.807) is 0 Å². The summed E-state index contributed by atoms with van der Waals surface area (Å²) in [6.45, 7) is 0.821. The summed E-state index contributed by atoms with van der Waals surface area (Å²) in [6.07, 6.45) is 2.85. The highest BCUT2D eigenvalue weighted by molar-refractivity contribution is 6.40. The third kappa shape index (κ3) is 3.29. The number of rotatable bonds is 2. The molecule has 1 heterocycles. The van der Waals surface area contributed by atoms with E-state index in [1.165, 1.54) is 12.1 Å². The summed E-state index contributed by atoms with van der Waals surface area (Å²) in [5.41, 5.74) is 0. The first-order valence-electron chi connectivity index (χ1n) is 5.67. The van der Waals surface area contributed by atoms with Crippen LogP contribution in [0.1, 0.15) is 19.3 Å². The number of esters is 1. The number of hydrogen-bond acceptors (Lipinski definition) is 3. The standard InChI is InChI=1S/C12H12Cl3NO2/c13-7-5-8(14)11(9(15)6-7)18-12(17)10-3-1-2-4-16-10/h5-6,10,16H,1-4H2. The van der Waals surface area contributed by atoms with Crippen molar-refractivity contribution in [3.05, 3.63) is 27.2 Å². The summed E-state index contributed by atoms with van der Waals surface area (Å²) in [5, 5.41) is 3.97. The monoisotopic (exact) mass is 307 g/mol. The van der Waals surface area contributed by atoms with E-state index in [4.69, 9.17) is 39.5 Å². The average molecular weight is 309 g/mol. The molecule has 0 saturated carbocycles. The van der Waals surface area contributed by atoms with Crippen molar-refractivity contribution in [3.63, 3.8) is 0 Å². The molecule has 1 fully saturated rings. The van der Waals surface area contributed by atoms with Gasteiger partial charge in [-0.2, -0.15) is 0 Å². The van der Waals surface area contributed by atoms with E-state index in [9.17, 15) is 4.79 Å². The van der Waals surface area contributed by atoms with Crippen molar-refractivity contribution in [2.75, 3.05) is 6.54 Å². The summed E-state index contributed by atoms with van der Waals surface area (Å²) < 4.78 is 5.25. The van der Waals surface area contributed by atoms with Crippen LogP contribution >= 0.6 is 34.8 Å². The quantitative estimate of drug-likeness (QED) is 0.669. The van der Waals surface area contributed by atoms with Crippen molar-refractivity contribution in [2.24, 2.45) is 0 Å². The Morgan fingerprint density at radius 3 is 2.44 bits per heavy atom. The average Bonchev–Trinajstić information content (AvgIpc) is 2.34. The third-order valence-electron chi connectivity index (χ3n) is 2.76. The first kappa shape index (κ1) is 13.9. The summed E-state index contributed by atoms with van der Waals surface area (Å²) in [4.78, 5) is 11.9. The van der Waals surface area contributed by atoms with Crippen molar-refractivity contribution in [3.8, 4) is 5.75 Å². The largest absolute Gasteiger partial charge is 0.422 e. The molecule has 1 aromatic carbocycles. The minimum absolute atomic E-state index is 0.167. The van der Waals surface area contributed by atoms with Crippen LogP contribution < -0.4 is 10.1 Å². The summed E-state index contributed by atoms with van der Waals surface area (Å²) >= 11 is 17.7. The molecule has 18 heavy (non-hydrogen) atoms. The topological polar surface area (TPSA) is 38.3 Å². The minimum Gasteiger partial charge on any atom is -0.422 e. The van der Waals surface area contributed by atoms with Crippen LogP contribution in [0.5, 0.6) is 5.75 Å². The van der Waals surface area contributed by atoms with Gasteiger partial charge in [-0.3, -0.25) is 0 Å². The fourth-order valence-corrected chi connectivity index (χ4v) is 2.75. The molecule has 0 aromatic heterocycles. The molecule has 3 nitrogen and oxygen atoms in total. The molecule has 0 aliphatic carbocycles. The molecular weight excluding hydrogens is 296 g/mol. The lowest BCUT2D eigenvalue weighted by Gasteiger charge is -2.22. The van der Waals surface area contributed by atoms with Gasteiger partial charge in [-0.25, -0.2) is 4.79 Å². The number of nitrogens with one attached hydrogen (secondary N) is 1. The number of hydrogen-bond donors (Lipinski definition) is 1. The zero-order valence-corrected chi connectivity index (χ0v) is 11.8. The molecule has 6 heteroatoms. The van der Waals surface area contributed by atoms with Crippen molar-refractivity contribution in [1.82, 2.24) is 5.32 Å². The first-order valence-corrected chi connectivity index (χ1v) is 6.81. The fourth-order valence-electron chi connectivity index (χ4n) is 1.85. The molecular formula is C12H12Cl3NO2. The van der Waals surface area contributed by atoms with Crippen LogP contribution in [0.4, 0.5) is 0 Å². The van der Waals surface area contributed by atoms with Crippen molar-refractivity contribution in [1.29, 1.82) is 0 Å². The van der Waals surface area contributed by atoms with Gasteiger partial charge in [0.2, 0.25) is 0 Å².